The molecule has 3 nitrogen and oxygen atoms in total. The molecule has 3 heteroatoms. The van der Waals surface area contributed by atoms with Crippen LogP contribution in [0.15, 0.2) is 54.9 Å². The number of nitrogens with zero attached hydrogens (tertiary/aromatic N) is 1. The fraction of sp³-hybridized carbons (Fsp3) is 0.312. The highest BCUT2D eigenvalue weighted by atomic mass is 16.5. The standard InChI is InChI=1S/C16H20N2O/c17-15(13-14-8-10-18-11-9-14)5-4-12-19-16-6-2-1-3-7-16/h1-3,6-11,15H,4-5,12-13,17H2. The van der Waals surface area contributed by atoms with E-state index in [1.165, 1.54) is 5.56 Å². The molecule has 0 saturated heterocycles. The van der Waals surface area contributed by atoms with E-state index in [9.17, 15) is 0 Å². The fourth-order valence-corrected chi connectivity index (χ4v) is 1.98. The Labute approximate surface area is 114 Å². The number of hydrogen-bond donors (Lipinski definition) is 1. The molecule has 0 aliphatic carbocycles. The third-order valence-electron chi connectivity index (χ3n) is 2.98. The van der Waals surface area contributed by atoms with Crippen LogP contribution in [0, 0.1) is 0 Å². The minimum Gasteiger partial charge on any atom is -0.494 e. The molecule has 0 saturated carbocycles. The molecule has 1 heterocycles. The summed E-state index contributed by atoms with van der Waals surface area (Å²) >= 11 is 0. The van der Waals surface area contributed by atoms with E-state index >= 15 is 0 Å². The van der Waals surface area contributed by atoms with Gasteiger partial charge < -0.3 is 10.5 Å². The van der Waals surface area contributed by atoms with E-state index in [1.807, 2.05) is 42.5 Å². The summed E-state index contributed by atoms with van der Waals surface area (Å²) in [6.45, 7) is 0.716. The molecule has 0 amide bonds. The molecular formula is C16H20N2O. The number of hydrogen-bond acceptors (Lipinski definition) is 3. The van der Waals surface area contributed by atoms with Crippen LogP contribution in [0.1, 0.15) is 18.4 Å². The van der Waals surface area contributed by atoms with Gasteiger partial charge in [-0.1, -0.05) is 18.2 Å². The Morgan fingerprint density at radius 2 is 1.79 bits per heavy atom. The Morgan fingerprint density at radius 1 is 1.05 bits per heavy atom. The van der Waals surface area contributed by atoms with Crippen LogP contribution in [0.25, 0.3) is 0 Å². The highest BCUT2D eigenvalue weighted by Gasteiger charge is 2.04. The van der Waals surface area contributed by atoms with Crippen molar-refractivity contribution >= 4 is 0 Å². The van der Waals surface area contributed by atoms with Gasteiger partial charge in [-0.05, 0) is 49.1 Å². The summed E-state index contributed by atoms with van der Waals surface area (Å²) in [6, 6.07) is 14.1. The quantitative estimate of drug-likeness (QED) is 0.775. The van der Waals surface area contributed by atoms with Crippen molar-refractivity contribution in [1.82, 2.24) is 4.98 Å². The lowest BCUT2D eigenvalue weighted by Gasteiger charge is -2.12. The zero-order chi connectivity index (χ0) is 13.3. The third-order valence-corrected chi connectivity index (χ3v) is 2.98. The maximum Gasteiger partial charge on any atom is 0.119 e. The van der Waals surface area contributed by atoms with E-state index in [1.54, 1.807) is 12.4 Å². The summed E-state index contributed by atoms with van der Waals surface area (Å²) in [5, 5.41) is 0. The van der Waals surface area contributed by atoms with Crippen molar-refractivity contribution in [3.8, 4) is 5.75 Å². The van der Waals surface area contributed by atoms with Crippen molar-refractivity contribution in [2.75, 3.05) is 6.61 Å². The number of benzene rings is 1. The molecule has 19 heavy (non-hydrogen) atoms. The van der Waals surface area contributed by atoms with Crippen molar-refractivity contribution < 1.29 is 4.74 Å². The van der Waals surface area contributed by atoms with Gasteiger partial charge >= 0.3 is 0 Å². The summed E-state index contributed by atoms with van der Waals surface area (Å²) in [6.07, 6.45) is 6.45. The molecule has 100 valence electrons. The molecule has 1 aromatic carbocycles. The Balaban J connectivity index is 1.63. The summed E-state index contributed by atoms with van der Waals surface area (Å²) in [5.41, 5.74) is 7.35. The molecule has 0 aliphatic rings. The molecule has 0 bridgehead atoms. The lowest BCUT2D eigenvalue weighted by atomic mass is 10.0. The molecule has 0 spiro atoms. The molecule has 1 unspecified atom stereocenters. The third kappa shape index (κ3) is 5.10. The SMILES string of the molecule is NC(CCCOc1ccccc1)Cc1ccncc1. The second-order valence-corrected chi connectivity index (χ2v) is 4.62. The Hall–Kier alpha value is -1.87. The summed E-state index contributed by atoms with van der Waals surface area (Å²) in [7, 11) is 0. The van der Waals surface area contributed by atoms with Gasteiger partial charge in [0.05, 0.1) is 6.61 Å². The van der Waals surface area contributed by atoms with Crippen LogP contribution in [0.4, 0.5) is 0 Å². The zero-order valence-corrected chi connectivity index (χ0v) is 11.0. The normalized spacial score (nSPS) is 12.1. The predicted octanol–water partition coefficient (Wildman–Crippen LogP) is 2.81. The lowest BCUT2D eigenvalue weighted by Crippen LogP contribution is -2.23. The second-order valence-electron chi connectivity index (χ2n) is 4.62. The van der Waals surface area contributed by atoms with Crippen molar-refractivity contribution in [2.45, 2.75) is 25.3 Å². The highest BCUT2D eigenvalue weighted by Crippen LogP contribution is 2.10. The maximum atomic E-state index is 6.11. The van der Waals surface area contributed by atoms with Gasteiger partial charge in [0.2, 0.25) is 0 Å². The number of para-hydroxylation sites is 1. The molecular weight excluding hydrogens is 236 g/mol. The molecule has 1 atom stereocenters. The van der Waals surface area contributed by atoms with E-state index in [-0.39, 0.29) is 6.04 Å². The smallest absolute Gasteiger partial charge is 0.119 e. The first-order valence-corrected chi connectivity index (χ1v) is 6.67. The summed E-state index contributed by atoms with van der Waals surface area (Å²) < 4.78 is 5.64. The first kappa shape index (κ1) is 13.6. The molecule has 2 aromatic rings. The largest absolute Gasteiger partial charge is 0.494 e. The number of rotatable bonds is 7. The van der Waals surface area contributed by atoms with E-state index < -0.39 is 0 Å². The maximum absolute atomic E-state index is 6.11. The molecule has 0 fully saturated rings. The van der Waals surface area contributed by atoms with E-state index in [0.29, 0.717) is 6.61 Å². The Morgan fingerprint density at radius 3 is 2.53 bits per heavy atom. The van der Waals surface area contributed by atoms with Crippen LogP contribution in [0.5, 0.6) is 5.75 Å². The molecule has 2 rings (SSSR count). The van der Waals surface area contributed by atoms with Gasteiger partial charge in [0.15, 0.2) is 0 Å². The van der Waals surface area contributed by atoms with E-state index in [4.69, 9.17) is 10.5 Å². The van der Waals surface area contributed by atoms with Crippen molar-refractivity contribution in [2.24, 2.45) is 5.73 Å². The number of nitrogens with two attached hydrogens (primary N) is 1. The summed E-state index contributed by atoms with van der Waals surface area (Å²) in [4.78, 5) is 4.00. The van der Waals surface area contributed by atoms with Crippen molar-refractivity contribution in [3.63, 3.8) is 0 Å². The average Bonchev–Trinajstić information content (AvgIpc) is 2.46. The minimum atomic E-state index is 0.182. The Bertz CT molecular complexity index is 459. The highest BCUT2D eigenvalue weighted by molar-refractivity contribution is 5.20. The Kier molecular flexibility index (Phi) is 5.38. The lowest BCUT2D eigenvalue weighted by molar-refractivity contribution is 0.301. The van der Waals surface area contributed by atoms with E-state index in [2.05, 4.69) is 4.98 Å². The van der Waals surface area contributed by atoms with Gasteiger partial charge in [-0.25, -0.2) is 0 Å². The van der Waals surface area contributed by atoms with Crippen molar-refractivity contribution in [1.29, 1.82) is 0 Å². The summed E-state index contributed by atoms with van der Waals surface area (Å²) in [5.74, 6) is 0.921. The van der Waals surface area contributed by atoms with E-state index in [0.717, 1.165) is 25.0 Å². The monoisotopic (exact) mass is 256 g/mol. The topological polar surface area (TPSA) is 48.1 Å². The van der Waals surface area contributed by atoms with Gasteiger partial charge in [0, 0.05) is 18.4 Å². The minimum absolute atomic E-state index is 0.182. The predicted molar refractivity (Wildman–Crippen MR) is 77.1 cm³/mol. The van der Waals surface area contributed by atoms with Crippen LogP contribution in [-0.4, -0.2) is 17.6 Å². The number of aromatic nitrogens is 1. The first-order chi connectivity index (χ1) is 9.34. The van der Waals surface area contributed by atoms with Crippen LogP contribution in [0.2, 0.25) is 0 Å². The molecule has 1 aromatic heterocycles. The molecule has 2 N–H and O–H groups in total. The van der Waals surface area contributed by atoms with Crippen molar-refractivity contribution in [3.05, 3.63) is 60.4 Å². The fourth-order valence-electron chi connectivity index (χ4n) is 1.98. The van der Waals surface area contributed by atoms with Crippen LogP contribution in [-0.2, 0) is 6.42 Å². The van der Waals surface area contributed by atoms with Gasteiger partial charge in [-0.3, -0.25) is 4.98 Å². The molecule has 0 aliphatic heterocycles. The average molecular weight is 256 g/mol. The first-order valence-electron chi connectivity index (χ1n) is 6.67. The zero-order valence-electron chi connectivity index (χ0n) is 11.0. The van der Waals surface area contributed by atoms with Gasteiger partial charge in [-0.2, -0.15) is 0 Å². The van der Waals surface area contributed by atoms with Gasteiger partial charge in [0.1, 0.15) is 5.75 Å². The van der Waals surface area contributed by atoms with Gasteiger partial charge in [-0.15, -0.1) is 0 Å². The second kappa shape index (κ2) is 7.54. The molecule has 0 radical (unpaired) electrons. The van der Waals surface area contributed by atoms with Crippen LogP contribution < -0.4 is 10.5 Å². The number of pyridine rings is 1. The number of ether oxygens (including phenoxy) is 1. The van der Waals surface area contributed by atoms with Crippen LogP contribution >= 0.6 is 0 Å². The van der Waals surface area contributed by atoms with Gasteiger partial charge in [0.25, 0.3) is 0 Å². The van der Waals surface area contributed by atoms with Crippen LogP contribution in [0.3, 0.4) is 0 Å².